The van der Waals surface area contributed by atoms with Crippen molar-refractivity contribution in [3.63, 3.8) is 0 Å². The van der Waals surface area contributed by atoms with Gasteiger partial charge in [0.05, 0.1) is 36.6 Å². The van der Waals surface area contributed by atoms with Crippen LogP contribution in [0.25, 0.3) is 32.7 Å². The lowest BCUT2D eigenvalue weighted by Crippen LogP contribution is -1.81. The molecule has 7 heteroatoms. The zero-order chi connectivity index (χ0) is 31.5. The van der Waals surface area contributed by atoms with Crippen LogP contribution < -0.4 is 0 Å². The zero-order valence-electron chi connectivity index (χ0n) is 26.3. The highest BCUT2D eigenvalue weighted by Crippen LogP contribution is 2.26. The molecule has 0 saturated carbocycles. The molecule has 0 unspecified atom stereocenters. The number of aromatic nitrogens is 4. The van der Waals surface area contributed by atoms with Crippen molar-refractivity contribution in [2.24, 2.45) is 0 Å². The van der Waals surface area contributed by atoms with Gasteiger partial charge >= 0.3 is 0 Å². The largest absolute Gasteiger partial charge is 0.258 e. The van der Waals surface area contributed by atoms with Crippen LogP contribution in [0.4, 0.5) is 0 Å². The van der Waals surface area contributed by atoms with Crippen LogP contribution in [0.15, 0.2) is 102 Å². The molecule has 44 heavy (non-hydrogen) atoms. The van der Waals surface area contributed by atoms with Crippen molar-refractivity contribution in [1.82, 2.24) is 19.9 Å². The highest BCUT2D eigenvalue weighted by molar-refractivity contribution is 7.18. The second-order valence-corrected chi connectivity index (χ2v) is 13.9. The summed E-state index contributed by atoms with van der Waals surface area (Å²) in [6, 6.07) is 33.0. The number of rotatable bonds is 2. The van der Waals surface area contributed by atoms with Crippen molar-refractivity contribution in [2.45, 2.75) is 48.5 Å². The van der Waals surface area contributed by atoms with E-state index in [4.69, 9.17) is 0 Å². The lowest BCUT2D eigenvalue weighted by molar-refractivity contribution is 1.12. The van der Waals surface area contributed by atoms with Crippen LogP contribution in [0.2, 0.25) is 0 Å². The van der Waals surface area contributed by atoms with E-state index in [1.165, 1.54) is 26.3 Å². The van der Waals surface area contributed by atoms with E-state index in [2.05, 4.69) is 81.6 Å². The van der Waals surface area contributed by atoms with E-state index >= 15 is 0 Å². The van der Waals surface area contributed by atoms with Gasteiger partial charge in [0.2, 0.25) is 0 Å². The van der Waals surface area contributed by atoms with Gasteiger partial charge in [0.1, 0.15) is 0 Å². The smallest absolute Gasteiger partial charge is 0.0907 e. The summed E-state index contributed by atoms with van der Waals surface area (Å²) < 4.78 is 1.28. The van der Waals surface area contributed by atoms with Gasteiger partial charge in [0.25, 0.3) is 0 Å². The Morgan fingerprint density at radius 2 is 1.11 bits per heavy atom. The molecule has 0 bridgehead atoms. The first kappa shape index (κ1) is 32.9. The Hall–Kier alpha value is -4.04. The lowest BCUT2D eigenvalue weighted by Gasteiger charge is -1.96. The minimum atomic E-state index is 1.09. The molecule has 224 valence electrons. The number of fused-ring (bicyclic) bond motifs is 1. The molecule has 7 rings (SSSR count). The first-order chi connectivity index (χ1) is 21.2. The number of aryl methyl sites for hydroxylation is 7. The van der Waals surface area contributed by atoms with Crippen molar-refractivity contribution >= 4 is 44.2 Å². The standard InChI is InChI=1S/2C11H11NS.C8H7NS.C7H9N/c1-8-3-5-10(6-4-8)11-7-13-9(2)12-11;1-8-11(12-9(2)13-8)10-6-4-3-5-7-10;1-6-9-7-4-2-3-5-8(7)10-6;1-6-4-3-5-7(2)8-6/h2*3-7H,1-2H3;2-5H,1H3;3-5H,1-2H3. The van der Waals surface area contributed by atoms with E-state index in [1.54, 1.807) is 34.0 Å². The van der Waals surface area contributed by atoms with Gasteiger partial charge in [0.15, 0.2) is 0 Å². The summed E-state index contributed by atoms with van der Waals surface area (Å²) in [5, 5.41) is 5.49. The Morgan fingerprint density at radius 3 is 1.66 bits per heavy atom. The predicted octanol–water partition coefficient (Wildman–Crippen LogP) is 11.2. The normalized spacial score (nSPS) is 10.2. The molecule has 0 aliphatic rings. The van der Waals surface area contributed by atoms with Crippen LogP contribution in [-0.4, -0.2) is 19.9 Å². The van der Waals surface area contributed by atoms with Gasteiger partial charge in [-0.3, -0.25) is 4.98 Å². The van der Waals surface area contributed by atoms with Gasteiger partial charge in [-0.2, -0.15) is 0 Å². The van der Waals surface area contributed by atoms with Crippen LogP contribution in [-0.2, 0) is 0 Å². The molecule has 0 aliphatic carbocycles. The van der Waals surface area contributed by atoms with Gasteiger partial charge < -0.3 is 0 Å². The molecular weight excluding hydrogens is 597 g/mol. The third kappa shape index (κ3) is 10.0. The SMILES string of the molecule is Cc1ccc(-c2csc(C)n2)cc1.Cc1cccc(C)n1.Cc1nc(-c2ccccc2)c(C)s1.Cc1nc2ccccc2s1. The Labute approximate surface area is 273 Å². The minimum Gasteiger partial charge on any atom is -0.258 e. The topological polar surface area (TPSA) is 51.6 Å². The third-order valence-electron chi connectivity index (χ3n) is 6.35. The quantitative estimate of drug-likeness (QED) is 0.190. The molecule has 7 aromatic rings. The Balaban J connectivity index is 0.000000136. The zero-order valence-corrected chi connectivity index (χ0v) is 28.8. The van der Waals surface area contributed by atoms with E-state index in [0.29, 0.717) is 0 Å². The number of nitrogens with zero attached hydrogens (tertiary/aromatic N) is 4. The molecule has 0 radical (unpaired) electrons. The average Bonchev–Trinajstić information content (AvgIpc) is 3.71. The molecule has 0 spiro atoms. The molecule has 0 fully saturated rings. The highest BCUT2D eigenvalue weighted by Gasteiger charge is 2.06. The molecule has 4 nitrogen and oxygen atoms in total. The van der Waals surface area contributed by atoms with Crippen LogP contribution >= 0.6 is 34.0 Å². The van der Waals surface area contributed by atoms with E-state index in [9.17, 15) is 0 Å². The highest BCUT2D eigenvalue weighted by atomic mass is 32.1. The fourth-order valence-electron chi connectivity index (χ4n) is 4.28. The number of pyridine rings is 1. The number of thiazole rings is 3. The van der Waals surface area contributed by atoms with Gasteiger partial charge in [-0.15, -0.1) is 34.0 Å². The van der Waals surface area contributed by atoms with Crippen LogP contribution in [0, 0.1) is 48.5 Å². The van der Waals surface area contributed by atoms with Crippen LogP contribution in [0.5, 0.6) is 0 Å². The minimum absolute atomic E-state index is 1.09. The molecule has 0 saturated heterocycles. The number of hydrogen-bond acceptors (Lipinski definition) is 7. The summed E-state index contributed by atoms with van der Waals surface area (Å²) in [5.41, 5.74) is 9.21. The lowest BCUT2D eigenvalue weighted by atomic mass is 10.1. The molecule has 0 amide bonds. The van der Waals surface area contributed by atoms with Gasteiger partial charge in [-0.25, -0.2) is 15.0 Å². The second kappa shape index (κ2) is 16.1. The summed E-state index contributed by atoms with van der Waals surface area (Å²) in [4.78, 5) is 18.7. The number of benzene rings is 3. The van der Waals surface area contributed by atoms with Gasteiger partial charge in [0, 0.05) is 32.8 Å². The Kier molecular flexibility index (Phi) is 12.1. The number of para-hydroxylation sites is 1. The first-order valence-electron chi connectivity index (χ1n) is 14.4. The molecule has 0 aliphatic heterocycles. The molecular formula is C37H38N4S3. The van der Waals surface area contributed by atoms with Crippen LogP contribution in [0.3, 0.4) is 0 Å². The summed E-state index contributed by atoms with van der Waals surface area (Å²) >= 11 is 5.19. The second-order valence-electron chi connectivity index (χ2n) is 10.2. The van der Waals surface area contributed by atoms with Crippen molar-refractivity contribution in [3.05, 3.63) is 139 Å². The van der Waals surface area contributed by atoms with Crippen molar-refractivity contribution in [2.75, 3.05) is 0 Å². The molecule has 4 heterocycles. The van der Waals surface area contributed by atoms with Gasteiger partial charge in [-0.1, -0.05) is 78.4 Å². The van der Waals surface area contributed by atoms with E-state index in [0.717, 1.165) is 43.3 Å². The molecule has 3 aromatic carbocycles. The summed E-state index contributed by atoms with van der Waals surface area (Å²) in [6.07, 6.45) is 0. The molecule has 4 aromatic heterocycles. The molecule has 0 N–H and O–H groups in total. The summed E-state index contributed by atoms with van der Waals surface area (Å²) in [6.45, 7) is 14.3. The third-order valence-corrected chi connectivity index (χ3v) is 8.96. The maximum absolute atomic E-state index is 4.50. The average molecular weight is 635 g/mol. The van der Waals surface area contributed by atoms with E-state index in [-0.39, 0.29) is 0 Å². The fraction of sp³-hybridized carbons (Fsp3) is 0.189. The first-order valence-corrected chi connectivity index (χ1v) is 16.9. The summed E-state index contributed by atoms with van der Waals surface area (Å²) in [7, 11) is 0. The van der Waals surface area contributed by atoms with Crippen LogP contribution in [0.1, 0.15) is 36.9 Å². The molecule has 0 atom stereocenters. The van der Waals surface area contributed by atoms with Crippen molar-refractivity contribution < 1.29 is 0 Å². The maximum atomic E-state index is 4.50. The fourth-order valence-corrected chi connectivity index (χ4v) is 6.57. The van der Waals surface area contributed by atoms with E-state index in [1.807, 2.05) is 89.2 Å². The van der Waals surface area contributed by atoms with Crippen molar-refractivity contribution in [1.29, 1.82) is 0 Å². The summed E-state index contributed by atoms with van der Waals surface area (Å²) in [5.74, 6) is 0. The van der Waals surface area contributed by atoms with E-state index < -0.39 is 0 Å². The maximum Gasteiger partial charge on any atom is 0.0907 e. The Bertz CT molecular complexity index is 1830. The number of hydrogen-bond donors (Lipinski definition) is 0. The van der Waals surface area contributed by atoms with Gasteiger partial charge in [-0.05, 0) is 72.7 Å². The predicted molar refractivity (Wildman–Crippen MR) is 192 cm³/mol. The van der Waals surface area contributed by atoms with Crippen molar-refractivity contribution in [3.8, 4) is 22.5 Å². The Morgan fingerprint density at radius 1 is 0.477 bits per heavy atom. The monoisotopic (exact) mass is 634 g/mol.